The van der Waals surface area contributed by atoms with Gasteiger partial charge in [-0.15, -0.1) is 0 Å². The number of hydrogen-bond acceptors (Lipinski definition) is 3. The van der Waals surface area contributed by atoms with Crippen molar-refractivity contribution in [3.05, 3.63) is 292 Å². The minimum Gasteiger partial charge on any atom is -0.456 e. The molecule has 0 fully saturated rings. The maximum atomic E-state index is 7.24. The number of unbranched alkanes of at least 4 members (excludes halogenated alkanes) is 8. The lowest BCUT2D eigenvalue weighted by atomic mass is 9.70. The summed E-state index contributed by atoms with van der Waals surface area (Å²) in [5.74, 6) is 0. The SMILES string of the molecule is CCCCCCCC1(CCCCCCC)c2ccccc2-c2ccc(-c3ccc4c(c3)C(C)(C)c3cc(-c5cc6c(c7c5oc5ccccc57)-c5ccc(N(c7ccc8c(c7)C(C)(C)c7cc9c(cc7-8)C(C)(C)c7ccc8oc%10ccccc%10c8c7-9)c7ccc8ccccc8c7)cc5C6(C)C)ccc3-4)cc21. The van der Waals surface area contributed by atoms with Crippen LogP contribution in [-0.2, 0) is 27.1 Å². The molecule has 0 bridgehead atoms. The van der Waals surface area contributed by atoms with Crippen molar-refractivity contribution in [3.8, 4) is 77.9 Å². The molecule has 5 aliphatic carbocycles. The fourth-order valence-corrected chi connectivity index (χ4v) is 21.0. The Hall–Kier alpha value is -10.5. The van der Waals surface area contributed by atoms with Gasteiger partial charge in [-0.1, -0.05) is 279 Å². The zero-order valence-electron chi connectivity index (χ0n) is 63.3. The number of fused-ring (bicyclic) bond motifs is 24. The first-order chi connectivity index (χ1) is 51.5. The average molecular weight is 1380 g/mol. The first-order valence-corrected chi connectivity index (χ1v) is 39.7. The summed E-state index contributed by atoms with van der Waals surface area (Å²) in [7, 11) is 0. The first kappa shape index (κ1) is 65.1. The normalized spacial score (nSPS) is 15.7. The van der Waals surface area contributed by atoms with E-state index in [1.54, 1.807) is 11.1 Å². The Bertz CT molecular complexity index is 6190. The van der Waals surface area contributed by atoms with Crippen LogP contribution >= 0.6 is 0 Å². The summed E-state index contributed by atoms with van der Waals surface area (Å²) < 4.78 is 13.8. The number of rotatable bonds is 17. The first-order valence-electron chi connectivity index (χ1n) is 39.7. The summed E-state index contributed by atoms with van der Waals surface area (Å²) in [6, 6.07) is 91.5. The van der Waals surface area contributed by atoms with Gasteiger partial charge in [-0.3, -0.25) is 0 Å². The van der Waals surface area contributed by atoms with Gasteiger partial charge in [0.2, 0.25) is 0 Å². The molecule has 15 aromatic rings. The highest BCUT2D eigenvalue weighted by atomic mass is 16.3. The number of para-hydroxylation sites is 2. The fourth-order valence-electron chi connectivity index (χ4n) is 21.0. The molecular weight excluding hydrogens is 1280 g/mol. The van der Waals surface area contributed by atoms with E-state index >= 15 is 0 Å². The molecule has 0 aliphatic heterocycles. The van der Waals surface area contributed by atoms with Gasteiger partial charge in [-0.05, 0) is 243 Å². The summed E-state index contributed by atoms with van der Waals surface area (Å²) in [5, 5.41) is 7.18. The van der Waals surface area contributed by atoms with Crippen molar-refractivity contribution in [3.63, 3.8) is 0 Å². The van der Waals surface area contributed by atoms with Crippen LogP contribution in [0.25, 0.3) is 133 Å². The largest absolute Gasteiger partial charge is 0.456 e. The molecule has 522 valence electrons. The van der Waals surface area contributed by atoms with Crippen molar-refractivity contribution in [1.29, 1.82) is 0 Å². The molecule has 0 N–H and O–H groups in total. The van der Waals surface area contributed by atoms with Crippen LogP contribution in [0.2, 0.25) is 0 Å². The number of furan rings is 2. The molecular formula is C103H93NO2. The molecule has 0 saturated heterocycles. The lowest BCUT2D eigenvalue weighted by molar-refractivity contribution is 0.399. The highest BCUT2D eigenvalue weighted by molar-refractivity contribution is 6.19. The van der Waals surface area contributed by atoms with Gasteiger partial charge in [-0.25, -0.2) is 0 Å². The third kappa shape index (κ3) is 9.36. The predicted molar refractivity (Wildman–Crippen MR) is 447 cm³/mol. The maximum Gasteiger partial charge on any atom is 0.143 e. The molecule has 2 heterocycles. The molecule has 2 aromatic heterocycles. The smallest absolute Gasteiger partial charge is 0.143 e. The molecule has 20 rings (SSSR count). The molecule has 5 aliphatic rings. The van der Waals surface area contributed by atoms with E-state index < -0.39 is 0 Å². The summed E-state index contributed by atoms with van der Waals surface area (Å²) in [4.78, 5) is 2.52. The number of anilines is 3. The number of hydrogen-bond donors (Lipinski definition) is 0. The van der Waals surface area contributed by atoms with Crippen LogP contribution in [0, 0.1) is 0 Å². The van der Waals surface area contributed by atoms with Crippen LogP contribution in [0.3, 0.4) is 0 Å². The zero-order chi connectivity index (χ0) is 71.9. The molecule has 0 radical (unpaired) electrons. The summed E-state index contributed by atoms with van der Waals surface area (Å²) in [6.07, 6.45) is 15.4. The van der Waals surface area contributed by atoms with Gasteiger partial charge in [0.15, 0.2) is 0 Å². The third-order valence-electron chi connectivity index (χ3n) is 26.7. The third-order valence-corrected chi connectivity index (χ3v) is 26.7. The Morgan fingerprint density at radius 3 is 1.42 bits per heavy atom. The second kappa shape index (κ2) is 23.8. The summed E-state index contributed by atoms with van der Waals surface area (Å²) in [6.45, 7) is 24.2. The van der Waals surface area contributed by atoms with Crippen LogP contribution < -0.4 is 4.90 Å². The van der Waals surface area contributed by atoms with Gasteiger partial charge in [0.05, 0.1) is 0 Å². The van der Waals surface area contributed by atoms with Crippen molar-refractivity contribution in [2.24, 2.45) is 0 Å². The second-order valence-electron chi connectivity index (χ2n) is 34.1. The van der Waals surface area contributed by atoms with Gasteiger partial charge in [0.25, 0.3) is 0 Å². The van der Waals surface area contributed by atoms with Crippen LogP contribution in [0.4, 0.5) is 17.1 Å². The van der Waals surface area contributed by atoms with Gasteiger partial charge >= 0.3 is 0 Å². The van der Waals surface area contributed by atoms with Crippen LogP contribution in [-0.4, -0.2) is 0 Å². The summed E-state index contributed by atoms with van der Waals surface area (Å²) in [5.41, 5.74) is 38.3. The van der Waals surface area contributed by atoms with Crippen molar-refractivity contribution >= 4 is 71.7 Å². The molecule has 3 heteroatoms. The minimum absolute atomic E-state index is 0.0316. The molecule has 0 saturated carbocycles. The molecule has 3 nitrogen and oxygen atoms in total. The number of benzene rings is 13. The second-order valence-corrected chi connectivity index (χ2v) is 34.1. The lowest BCUT2D eigenvalue weighted by Gasteiger charge is -2.33. The Balaban J connectivity index is 0.669. The van der Waals surface area contributed by atoms with Crippen LogP contribution in [0.15, 0.2) is 245 Å². The fraction of sp³-hybridized carbons (Fsp3) is 0.262. The Kier molecular flexibility index (Phi) is 14.6. The summed E-state index contributed by atoms with van der Waals surface area (Å²) >= 11 is 0. The Morgan fingerprint density at radius 2 is 0.726 bits per heavy atom. The predicted octanol–water partition coefficient (Wildman–Crippen LogP) is 29.7. The molecule has 0 unspecified atom stereocenters. The van der Waals surface area contributed by atoms with E-state index in [1.165, 1.54) is 221 Å². The lowest BCUT2D eigenvalue weighted by Crippen LogP contribution is -2.25. The van der Waals surface area contributed by atoms with E-state index in [0.717, 1.165) is 50.3 Å². The van der Waals surface area contributed by atoms with Gasteiger partial charge in [0, 0.05) is 71.2 Å². The molecule has 13 aromatic carbocycles. The van der Waals surface area contributed by atoms with E-state index in [1.807, 2.05) is 0 Å². The highest BCUT2D eigenvalue weighted by Gasteiger charge is 2.46. The van der Waals surface area contributed by atoms with Crippen LogP contribution in [0.5, 0.6) is 0 Å². The minimum atomic E-state index is -0.383. The van der Waals surface area contributed by atoms with Crippen molar-refractivity contribution in [2.75, 3.05) is 4.90 Å². The molecule has 0 spiro atoms. The monoisotopic (exact) mass is 1380 g/mol. The molecule has 106 heavy (non-hydrogen) atoms. The quantitative estimate of drug-likeness (QED) is 0.0851. The number of nitrogens with zero attached hydrogens (tertiary/aromatic N) is 1. The van der Waals surface area contributed by atoms with Crippen molar-refractivity contribution < 1.29 is 8.83 Å². The van der Waals surface area contributed by atoms with Crippen molar-refractivity contribution in [1.82, 2.24) is 0 Å². The molecule has 0 atom stereocenters. The van der Waals surface area contributed by atoms with E-state index in [2.05, 4.69) is 311 Å². The zero-order valence-corrected chi connectivity index (χ0v) is 63.3. The standard InChI is InChI=1S/C103H93NO2/c1-11-13-15-17-27-51-103(52-28-18-16-14-12-2)81-34-24-21-31-70(81)73-45-39-65(55-89(73)103)64-38-44-71-72-46-40-66(56-84(72)100(5,6)83(71)54-64)78-59-90-94(97-77-33-23-26-36-92(77)106-98(78)97)75-48-43-69(58-86(75)102(90,9)10)104(67-41-37-62-29-19-20-30-63(62)53-67)68-42-47-74-79-60-88-80(61-87(79)101(7,8)85(74)57-68)95-82(99(88,3)4)49-50-93-96(95)76-32-22-25-35-91(76)105-93/h19-26,29-50,53-61H,11-18,27-28,51-52H2,1-10H3. The van der Waals surface area contributed by atoms with E-state index in [0.29, 0.717) is 0 Å². The Morgan fingerprint density at radius 1 is 0.274 bits per heavy atom. The average Bonchev–Trinajstić information content (AvgIpc) is 1.50. The van der Waals surface area contributed by atoms with Crippen LogP contribution in [0.1, 0.15) is 202 Å². The van der Waals surface area contributed by atoms with E-state index in [9.17, 15) is 0 Å². The topological polar surface area (TPSA) is 29.5 Å². The van der Waals surface area contributed by atoms with Gasteiger partial charge < -0.3 is 13.7 Å². The van der Waals surface area contributed by atoms with Gasteiger partial charge in [-0.2, -0.15) is 0 Å². The van der Waals surface area contributed by atoms with E-state index in [4.69, 9.17) is 8.83 Å². The Labute approximate surface area is 625 Å². The van der Waals surface area contributed by atoms with Crippen molar-refractivity contribution in [2.45, 2.75) is 173 Å². The molecule has 0 amide bonds. The maximum absolute atomic E-state index is 7.24. The van der Waals surface area contributed by atoms with Gasteiger partial charge in [0.1, 0.15) is 22.3 Å². The highest BCUT2D eigenvalue weighted by Crippen LogP contribution is 2.62. The van der Waals surface area contributed by atoms with E-state index in [-0.39, 0.29) is 27.1 Å².